The fourth-order valence-corrected chi connectivity index (χ4v) is 4.79. The van der Waals surface area contributed by atoms with Crippen molar-refractivity contribution in [1.29, 1.82) is 0 Å². The lowest BCUT2D eigenvalue weighted by atomic mass is 9.99. The zero-order chi connectivity index (χ0) is 17.4. The molecular weight excluding hydrogens is 326 g/mol. The summed E-state index contributed by atoms with van der Waals surface area (Å²) in [5, 5.41) is 6.51. The van der Waals surface area contributed by atoms with Crippen molar-refractivity contribution in [2.24, 2.45) is 10.9 Å². The Hall–Kier alpha value is -0.860. The molecule has 0 amide bonds. The second-order valence-electron chi connectivity index (χ2n) is 6.87. The van der Waals surface area contributed by atoms with E-state index in [1.165, 1.54) is 25.9 Å². The van der Waals surface area contributed by atoms with Gasteiger partial charge in [0.2, 0.25) is 10.0 Å². The Bertz CT molecular complexity index is 501. The fraction of sp³-hybridized carbons (Fsp3) is 0.938. The van der Waals surface area contributed by atoms with Crippen LogP contribution in [0.2, 0.25) is 0 Å². The van der Waals surface area contributed by atoms with Gasteiger partial charge in [-0.2, -0.15) is 0 Å². The molecule has 2 aliphatic heterocycles. The number of aliphatic imine (C=N–C) groups is 1. The predicted molar refractivity (Wildman–Crippen MR) is 98.8 cm³/mol. The first-order chi connectivity index (χ1) is 11.5. The van der Waals surface area contributed by atoms with Crippen LogP contribution in [-0.2, 0) is 10.0 Å². The normalized spacial score (nSPS) is 23.5. The standard InChI is InChI=1S/C16H33N5O2S/c1-15-5-11-20(12-6-15)9-3-7-18-16(17-2)19-8-13-21-10-4-14-24(21,22)23/h15H,3-14H2,1-2H3,(H2,17,18,19). The zero-order valence-corrected chi connectivity index (χ0v) is 15.9. The maximum atomic E-state index is 11.7. The van der Waals surface area contributed by atoms with E-state index in [2.05, 4.69) is 27.4 Å². The molecule has 0 spiro atoms. The van der Waals surface area contributed by atoms with E-state index in [4.69, 9.17) is 0 Å². The smallest absolute Gasteiger partial charge is 0.214 e. The van der Waals surface area contributed by atoms with E-state index in [-0.39, 0.29) is 5.75 Å². The van der Waals surface area contributed by atoms with E-state index in [0.717, 1.165) is 37.8 Å². The molecule has 0 atom stereocenters. The Morgan fingerprint density at radius 3 is 2.46 bits per heavy atom. The topological polar surface area (TPSA) is 77.0 Å². The zero-order valence-electron chi connectivity index (χ0n) is 15.1. The summed E-state index contributed by atoms with van der Waals surface area (Å²) in [4.78, 5) is 6.73. The molecule has 0 bridgehead atoms. The van der Waals surface area contributed by atoms with Gasteiger partial charge in [-0.05, 0) is 51.2 Å². The van der Waals surface area contributed by atoms with E-state index in [9.17, 15) is 8.42 Å². The van der Waals surface area contributed by atoms with Crippen LogP contribution in [0.15, 0.2) is 4.99 Å². The Kier molecular flexibility index (Phi) is 7.77. The molecular formula is C16H33N5O2S. The van der Waals surface area contributed by atoms with E-state index in [1.54, 1.807) is 11.4 Å². The highest BCUT2D eigenvalue weighted by Gasteiger charge is 2.27. The highest BCUT2D eigenvalue weighted by atomic mass is 32.2. The summed E-state index contributed by atoms with van der Waals surface area (Å²) >= 11 is 0. The first kappa shape index (κ1) is 19.5. The highest BCUT2D eigenvalue weighted by molar-refractivity contribution is 7.89. The van der Waals surface area contributed by atoms with Crippen LogP contribution < -0.4 is 10.6 Å². The molecule has 0 aromatic carbocycles. The highest BCUT2D eigenvalue weighted by Crippen LogP contribution is 2.15. The van der Waals surface area contributed by atoms with E-state index in [0.29, 0.717) is 19.6 Å². The lowest BCUT2D eigenvalue weighted by molar-refractivity contribution is 0.191. The molecule has 0 unspecified atom stereocenters. The molecule has 0 aromatic heterocycles. The fourth-order valence-electron chi connectivity index (χ4n) is 3.26. The second-order valence-corrected chi connectivity index (χ2v) is 8.96. The summed E-state index contributed by atoms with van der Waals surface area (Å²) < 4.78 is 25.0. The molecule has 0 aromatic rings. The van der Waals surface area contributed by atoms with Gasteiger partial charge in [-0.25, -0.2) is 12.7 Å². The lowest BCUT2D eigenvalue weighted by Gasteiger charge is -2.30. The third kappa shape index (κ3) is 6.22. The number of hydrogen-bond donors (Lipinski definition) is 2. The van der Waals surface area contributed by atoms with E-state index < -0.39 is 10.0 Å². The van der Waals surface area contributed by atoms with Gasteiger partial charge in [-0.3, -0.25) is 4.99 Å². The van der Waals surface area contributed by atoms with Crippen LogP contribution in [-0.4, -0.2) is 82.2 Å². The molecule has 24 heavy (non-hydrogen) atoms. The van der Waals surface area contributed by atoms with Crippen molar-refractivity contribution < 1.29 is 8.42 Å². The van der Waals surface area contributed by atoms with Crippen LogP contribution in [0.3, 0.4) is 0 Å². The molecule has 2 N–H and O–H groups in total. The number of rotatable bonds is 7. The van der Waals surface area contributed by atoms with Crippen LogP contribution in [0.25, 0.3) is 0 Å². The first-order valence-corrected chi connectivity index (χ1v) is 10.8. The number of hydrogen-bond acceptors (Lipinski definition) is 4. The minimum absolute atomic E-state index is 0.287. The third-order valence-corrected chi connectivity index (χ3v) is 6.86. The van der Waals surface area contributed by atoms with Crippen LogP contribution in [0.4, 0.5) is 0 Å². The molecule has 2 heterocycles. The number of guanidine groups is 1. The van der Waals surface area contributed by atoms with Gasteiger partial charge in [0.1, 0.15) is 0 Å². The molecule has 8 heteroatoms. The van der Waals surface area contributed by atoms with Crippen molar-refractivity contribution in [3.8, 4) is 0 Å². The molecule has 7 nitrogen and oxygen atoms in total. The molecule has 2 aliphatic rings. The van der Waals surface area contributed by atoms with Crippen LogP contribution >= 0.6 is 0 Å². The van der Waals surface area contributed by atoms with Crippen molar-refractivity contribution in [3.05, 3.63) is 0 Å². The van der Waals surface area contributed by atoms with Gasteiger partial charge in [-0.1, -0.05) is 6.92 Å². The van der Waals surface area contributed by atoms with Crippen molar-refractivity contribution in [2.45, 2.75) is 32.6 Å². The minimum Gasteiger partial charge on any atom is -0.356 e. The number of piperidine rings is 1. The van der Waals surface area contributed by atoms with Gasteiger partial charge in [0.15, 0.2) is 5.96 Å². The molecule has 2 rings (SSSR count). The summed E-state index contributed by atoms with van der Waals surface area (Å²) in [6, 6.07) is 0. The molecule has 0 radical (unpaired) electrons. The summed E-state index contributed by atoms with van der Waals surface area (Å²) in [6.07, 6.45) is 4.46. The average Bonchev–Trinajstić information content (AvgIpc) is 2.90. The maximum absolute atomic E-state index is 11.7. The Morgan fingerprint density at radius 1 is 1.12 bits per heavy atom. The quantitative estimate of drug-likeness (QED) is 0.389. The van der Waals surface area contributed by atoms with Crippen LogP contribution in [0.5, 0.6) is 0 Å². The Labute approximate surface area is 146 Å². The van der Waals surface area contributed by atoms with Crippen molar-refractivity contribution in [1.82, 2.24) is 19.8 Å². The summed E-state index contributed by atoms with van der Waals surface area (Å²) in [7, 11) is -1.26. The van der Waals surface area contributed by atoms with Gasteiger partial charge >= 0.3 is 0 Å². The first-order valence-electron chi connectivity index (χ1n) is 9.16. The number of nitrogens with one attached hydrogen (secondary N) is 2. The SMILES string of the molecule is CN=C(NCCCN1CCC(C)CC1)NCCN1CCCS1(=O)=O. The largest absolute Gasteiger partial charge is 0.356 e. The second kappa shape index (κ2) is 9.58. The van der Waals surface area contributed by atoms with E-state index >= 15 is 0 Å². The number of likely N-dealkylation sites (tertiary alicyclic amines) is 1. The van der Waals surface area contributed by atoms with Gasteiger partial charge < -0.3 is 15.5 Å². The monoisotopic (exact) mass is 359 g/mol. The summed E-state index contributed by atoms with van der Waals surface area (Å²) in [6.45, 7) is 8.53. The van der Waals surface area contributed by atoms with Crippen LogP contribution in [0, 0.1) is 5.92 Å². The molecule has 2 fully saturated rings. The molecule has 0 aliphatic carbocycles. The molecule has 2 saturated heterocycles. The van der Waals surface area contributed by atoms with E-state index in [1.807, 2.05) is 0 Å². The summed E-state index contributed by atoms with van der Waals surface area (Å²) in [5.41, 5.74) is 0. The van der Waals surface area contributed by atoms with Crippen molar-refractivity contribution in [3.63, 3.8) is 0 Å². The maximum Gasteiger partial charge on any atom is 0.214 e. The van der Waals surface area contributed by atoms with Crippen molar-refractivity contribution in [2.75, 3.05) is 58.6 Å². The van der Waals surface area contributed by atoms with Gasteiger partial charge in [0, 0.05) is 33.2 Å². The Morgan fingerprint density at radius 2 is 1.83 bits per heavy atom. The summed E-state index contributed by atoms with van der Waals surface area (Å²) in [5.74, 6) is 1.91. The predicted octanol–water partition coefficient (Wildman–Crippen LogP) is 0.309. The van der Waals surface area contributed by atoms with Crippen molar-refractivity contribution >= 4 is 16.0 Å². The number of sulfonamides is 1. The van der Waals surface area contributed by atoms with Gasteiger partial charge in [0.25, 0.3) is 0 Å². The molecule has 140 valence electrons. The number of nitrogens with zero attached hydrogens (tertiary/aromatic N) is 3. The Balaban J connectivity index is 1.56. The third-order valence-electron chi connectivity index (χ3n) is 4.90. The minimum atomic E-state index is -3.00. The van der Waals surface area contributed by atoms with Gasteiger partial charge in [0.05, 0.1) is 5.75 Å². The average molecular weight is 360 g/mol. The van der Waals surface area contributed by atoms with Crippen LogP contribution in [0.1, 0.15) is 32.6 Å². The molecule has 0 saturated carbocycles. The lowest BCUT2D eigenvalue weighted by Crippen LogP contribution is -2.43. The van der Waals surface area contributed by atoms with Gasteiger partial charge in [-0.15, -0.1) is 0 Å².